The van der Waals surface area contributed by atoms with Gasteiger partial charge in [0.25, 0.3) is 0 Å². The van der Waals surface area contributed by atoms with Crippen LogP contribution in [0.15, 0.2) is 90.1 Å². The topological polar surface area (TPSA) is 75.4 Å². The van der Waals surface area contributed by atoms with E-state index in [9.17, 15) is 14.7 Å². The molecule has 1 amide bonds. The van der Waals surface area contributed by atoms with Crippen LogP contribution >= 0.6 is 11.8 Å². The first-order valence-electron chi connectivity index (χ1n) is 13.4. The van der Waals surface area contributed by atoms with Crippen LogP contribution in [0.25, 0.3) is 11.0 Å². The van der Waals surface area contributed by atoms with E-state index in [1.807, 2.05) is 103 Å². The van der Waals surface area contributed by atoms with E-state index < -0.39 is 17.4 Å². The average Bonchev–Trinajstić information content (AvgIpc) is 3.26. The van der Waals surface area contributed by atoms with Crippen LogP contribution in [0.5, 0.6) is 0 Å². The summed E-state index contributed by atoms with van der Waals surface area (Å²) in [5, 5.41) is 10.8. The van der Waals surface area contributed by atoms with E-state index in [0.717, 1.165) is 35.2 Å². The van der Waals surface area contributed by atoms with Crippen LogP contribution in [0.4, 0.5) is 0 Å². The molecule has 1 atom stereocenters. The molecule has 39 heavy (non-hydrogen) atoms. The first-order chi connectivity index (χ1) is 18.7. The van der Waals surface area contributed by atoms with Gasteiger partial charge in [-0.15, -0.1) is 0 Å². The van der Waals surface area contributed by atoms with Crippen LogP contribution in [0.3, 0.4) is 0 Å². The second-order valence-corrected chi connectivity index (χ2v) is 11.9. The standard InChI is InChI=1S/C32H37N3O3S/c1-32(2,3)29(30(37)38)35-27-18-11-10-17-26(27)33-31(35)39-22-12-20-34(21-19-24-13-6-4-7-14-24)28(36)23-25-15-8-5-9-16-25/h4-11,13-18,29H,12,19-23H2,1-3H3,(H,37,38). The van der Waals surface area contributed by atoms with Gasteiger partial charge in [0.1, 0.15) is 6.04 Å². The van der Waals surface area contributed by atoms with E-state index in [1.165, 1.54) is 5.56 Å². The highest BCUT2D eigenvalue weighted by Crippen LogP contribution is 2.37. The van der Waals surface area contributed by atoms with Gasteiger partial charge in [0.2, 0.25) is 5.91 Å². The van der Waals surface area contributed by atoms with Gasteiger partial charge >= 0.3 is 5.97 Å². The van der Waals surface area contributed by atoms with Crippen molar-refractivity contribution in [3.8, 4) is 0 Å². The van der Waals surface area contributed by atoms with Crippen molar-refractivity contribution in [3.63, 3.8) is 0 Å². The Morgan fingerprint density at radius 1 is 0.897 bits per heavy atom. The fraction of sp³-hybridized carbons (Fsp3) is 0.344. The molecule has 204 valence electrons. The monoisotopic (exact) mass is 543 g/mol. The van der Waals surface area contributed by atoms with Crippen molar-refractivity contribution in [2.75, 3.05) is 18.8 Å². The molecule has 0 bridgehead atoms. The number of nitrogens with zero attached hydrogens (tertiary/aromatic N) is 3. The van der Waals surface area contributed by atoms with E-state index >= 15 is 0 Å². The number of aromatic nitrogens is 2. The number of para-hydroxylation sites is 2. The quantitative estimate of drug-likeness (QED) is 0.163. The second kappa shape index (κ2) is 13.0. The summed E-state index contributed by atoms with van der Waals surface area (Å²) in [6, 6.07) is 27.0. The number of carbonyl (C=O) groups is 2. The minimum absolute atomic E-state index is 0.119. The lowest BCUT2D eigenvalue weighted by molar-refractivity contribution is -0.144. The third kappa shape index (κ3) is 7.51. The molecular weight excluding hydrogens is 506 g/mol. The molecule has 0 radical (unpaired) electrons. The fourth-order valence-electron chi connectivity index (χ4n) is 4.81. The minimum Gasteiger partial charge on any atom is -0.480 e. The highest BCUT2D eigenvalue weighted by atomic mass is 32.2. The van der Waals surface area contributed by atoms with E-state index in [-0.39, 0.29) is 5.91 Å². The molecule has 0 aliphatic rings. The minimum atomic E-state index is -0.869. The van der Waals surface area contributed by atoms with Crippen molar-refractivity contribution in [3.05, 3.63) is 96.1 Å². The Hall–Kier alpha value is -3.58. The first kappa shape index (κ1) is 28.4. The molecular formula is C32H37N3O3S. The zero-order valence-electron chi connectivity index (χ0n) is 22.9. The van der Waals surface area contributed by atoms with Gasteiger partial charge in [0, 0.05) is 18.8 Å². The molecule has 1 aromatic heterocycles. The normalized spacial score (nSPS) is 12.4. The molecule has 3 aromatic carbocycles. The zero-order chi connectivity index (χ0) is 27.8. The Bertz CT molecular complexity index is 1380. The fourth-order valence-corrected chi connectivity index (χ4v) is 5.77. The SMILES string of the molecule is CC(C)(C)C(C(=O)O)n1c(SCCCN(CCc2ccccc2)C(=O)Cc2ccccc2)nc2ccccc21. The van der Waals surface area contributed by atoms with Crippen molar-refractivity contribution >= 4 is 34.7 Å². The highest BCUT2D eigenvalue weighted by molar-refractivity contribution is 7.99. The summed E-state index contributed by atoms with van der Waals surface area (Å²) in [7, 11) is 0. The van der Waals surface area contributed by atoms with Crippen LogP contribution in [0.1, 0.15) is 44.4 Å². The van der Waals surface area contributed by atoms with E-state index in [2.05, 4.69) is 12.1 Å². The van der Waals surface area contributed by atoms with Crippen molar-refractivity contribution in [2.24, 2.45) is 5.41 Å². The molecule has 1 heterocycles. The van der Waals surface area contributed by atoms with Crippen LogP contribution in [-0.2, 0) is 22.4 Å². The zero-order valence-corrected chi connectivity index (χ0v) is 23.7. The first-order valence-corrected chi connectivity index (χ1v) is 14.4. The number of benzene rings is 3. The van der Waals surface area contributed by atoms with Crippen molar-refractivity contribution in [2.45, 2.75) is 51.2 Å². The molecule has 1 unspecified atom stereocenters. The smallest absolute Gasteiger partial charge is 0.327 e. The number of aliphatic carboxylic acids is 1. The molecule has 0 saturated carbocycles. The molecule has 0 spiro atoms. The second-order valence-electron chi connectivity index (χ2n) is 10.8. The Morgan fingerprint density at radius 2 is 1.51 bits per heavy atom. The van der Waals surface area contributed by atoms with Gasteiger partial charge in [0.15, 0.2) is 5.16 Å². The summed E-state index contributed by atoms with van der Waals surface area (Å²) in [5.41, 5.74) is 3.34. The molecule has 4 aromatic rings. The highest BCUT2D eigenvalue weighted by Gasteiger charge is 2.35. The van der Waals surface area contributed by atoms with E-state index in [1.54, 1.807) is 11.8 Å². The molecule has 4 rings (SSSR count). The number of carboxylic acid groups (broad SMARTS) is 1. The molecule has 0 fully saturated rings. The maximum atomic E-state index is 13.3. The number of imidazole rings is 1. The van der Waals surface area contributed by atoms with Crippen LogP contribution in [0, 0.1) is 5.41 Å². The van der Waals surface area contributed by atoms with Gasteiger partial charge < -0.3 is 14.6 Å². The van der Waals surface area contributed by atoms with Gasteiger partial charge in [-0.3, -0.25) is 4.79 Å². The largest absolute Gasteiger partial charge is 0.480 e. The van der Waals surface area contributed by atoms with Crippen molar-refractivity contribution in [1.82, 2.24) is 14.5 Å². The lowest BCUT2D eigenvalue weighted by Crippen LogP contribution is -2.35. The summed E-state index contributed by atoms with van der Waals surface area (Å²) in [5.74, 6) is -0.0283. The van der Waals surface area contributed by atoms with E-state index in [4.69, 9.17) is 4.98 Å². The Morgan fingerprint density at radius 3 is 2.15 bits per heavy atom. The van der Waals surface area contributed by atoms with Crippen LogP contribution in [0.2, 0.25) is 0 Å². The van der Waals surface area contributed by atoms with Gasteiger partial charge in [-0.05, 0) is 41.5 Å². The number of thioether (sulfide) groups is 1. The Kier molecular flexibility index (Phi) is 9.46. The van der Waals surface area contributed by atoms with Gasteiger partial charge in [-0.25, -0.2) is 9.78 Å². The number of hydrogen-bond acceptors (Lipinski definition) is 4. The lowest BCUT2D eigenvalue weighted by Gasteiger charge is -2.30. The molecule has 7 heteroatoms. The Balaban J connectivity index is 1.47. The summed E-state index contributed by atoms with van der Waals surface area (Å²) in [6.45, 7) is 7.12. The number of rotatable bonds is 12. The van der Waals surface area contributed by atoms with Crippen LogP contribution in [-0.4, -0.2) is 50.3 Å². The Labute approximate surface area is 235 Å². The third-order valence-corrected chi connectivity index (χ3v) is 7.78. The third-order valence-electron chi connectivity index (χ3n) is 6.74. The molecule has 1 N–H and O–H groups in total. The number of fused-ring (bicyclic) bond motifs is 1. The summed E-state index contributed by atoms with van der Waals surface area (Å²) in [4.78, 5) is 32.4. The van der Waals surface area contributed by atoms with Gasteiger partial charge in [-0.1, -0.05) is 105 Å². The maximum Gasteiger partial charge on any atom is 0.327 e. The predicted octanol–water partition coefficient (Wildman–Crippen LogP) is 6.50. The van der Waals surface area contributed by atoms with Gasteiger partial charge in [0.05, 0.1) is 17.5 Å². The molecule has 0 aliphatic carbocycles. The van der Waals surface area contributed by atoms with Crippen molar-refractivity contribution in [1.29, 1.82) is 0 Å². The molecule has 0 saturated heterocycles. The van der Waals surface area contributed by atoms with Crippen molar-refractivity contribution < 1.29 is 14.7 Å². The van der Waals surface area contributed by atoms with Crippen LogP contribution < -0.4 is 0 Å². The summed E-state index contributed by atoms with van der Waals surface area (Å²) >= 11 is 1.56. The van der Waals surface area contributed by atoms with Gasteiger partial charge in [-0.2, -0.15) is 0 Å². The number of amides is 1. The maximum absolute atomic E-state index is 13.3. The molecule has 6 nitrogen and oxygen atoms in total. The lowest BCUT2D eigenvalue weighted by atomic mass is 9.86. The summed E-state index contributed by atoms with van der Waals surface area (Å²) < 4.78 is 1.87. The predicted molar refractivity (Wildman–Crippen MR) is 158 cm³/mol. The number of carbonyl (C=O) groups excluding carboxylic acids is 1. The van der Waals surface area contributed by atoms with E-state index in [0.29, 0.717) is 24.7 Å². The summed E-state index contributed by atoms with van der Waals surface area (Å²) in [6.07, 6.45) is 1.96. The average molecular weight is 544 g/mol. The molecule has 0 aliphatic heterocycles. The number of hydrogen-bond donors (Lipinski definition) is 1. The number of carboxylic acids is 1.